The number of fused-ring (bicyclic) bond motifs is 1. The number of carbonyl (C=O) groups excluding carboxylic acids is 1. The third-order valence-corrected chi connectivity index (χ3v) is 4.79. The van der Waals surface area contributed by atoms with Crippen LogP contribution in [0.1, 0.15) is 5.56 Å². The van der Waals surface area contributed by atoms with Gasteiger partial charge in [0.25, 0.3) is 0 Å². The number of benzene rings is 3. The van der Waals surface area contributed by atoms with Gasteiger partial charge in [0.05, 0.1) is 24.7 Å². The summed E-state index contributed by atoms with van der Waals surface area (Å²) in [5.74, 6) is 0.607. The lowest BCUT2D eigenvalue weighted by molar-refractivity contribution is -0.115. The van der Waals surface area contributed by atoms with E-state index in [0.29, 0.717) is 23.3 Å². The van der Waals surface area contributed by atoms with Crippen LogP contribution in [0.5, 0.6) is 5.75 Å². The average molecular weight is 402 g/mol. The number of nitrogens with zero attached hydrogens (tertiary/aromatic N) is 1. The van der Waals surface area contributed by atoms with E-state index < -0.39 is 0 Å². The number of hydrogen-bond donors (Lipinski definition) is 3. The monoisotopic (exact) mass is 402 g/mol. The molecule has 7 nitrogen and oxygen atoms in total. The zero-order valence-electron chi connectivity index (χ0n) is 16.5. The molecule has 0 aliphatic rings. The molecule has 30 heavy (non-hydrogen) atoms. The van der Waals surface area contributed by atoms with Gasteiger partial charge in [-0.1, -0.05) is 30.3 Å². The third kappa shape index (κ3) is 4.52. The van der Waals surface area contributed by atoms with Gasteiger partial charge in [0.1, 0.15) is 5.75 Å². The highest BCUT2D eigenvalue weighted by molar-refractivity contribution is 5.95. The Labute approximate surface area is 173 Å². The quantitative estimate of drug-likeness (QED) is 0.441. The van der Waals surface area contributed by atoms with E-state index in [1.54, 1.807) is 25.3 Å². The number of rotatable bonds is 7. The maximum absolute atomic E-state index is 12.8. The van der Waals surface area contributed by atoms with Gasteiger partial charge >= 0.3 is 5.69 Å². The van der Waals surface area contributed by atoms with Gasteiger partial charge in [-0.2, -0.15) is 0 Å². The minimum absolute atomic E-state index is 0.154. The minimum atomic E-state index is -0.276. The number of anilines is 2. The van der Waals surface area contributed by atoms with Gasteiger partial charge in [0.15, 0.2) is 0 Å². The van der Waals surface area contributed by atoms with Crippen molar-refractivity contribution in [2.45, 2.75) is 6.54 Å². The second-order valence-electron chi connectivity index (χ2n) is 6.93. The van der Waals surface area contributed by atoms with Gasteiger partial charge in [-0.15, -0.1) is 0 Å². The second-order valence-corrected chi connectivity index (χ2v) is 6.93. The highest BCUT2D eigenvalue weighted by Gasteiger charge is 2.13. The number of methoxy groups -OCH3 is 1. The van der Waals surface area contributed by atoms with Gasteiger partial charge in [-0.3, -0.25) is 4.79 Å². The lowest BCUT2D eigenvalue weighted by atomic mass is 10.2. The normalized spacial score (nSPS) is 10.7. The summed E-state index contributed by atoms with van der Waals surface area (Å²) < 4.78 is 5.24. The zero-order valence-corrected chi connectivity index (χ0v) is 16.5. The first-order valence-electron chi connectivity index (χ1n) is 9.55. The minimum Gasteiger partial charge on any atom is -0.497 e. The van der Waals surface area contributed by atoms with Crippen LogP contribution in [0.4, 0.5) is 11.4 Å². The predicted molar refractivity (Wildman–Crippen MR) is 118 cm³/mol. The van der Waals surface area contributed by atoms with Crippen molar-refractivity contribution in [1.29, 1.82) is 0 Å². The molecule has 152 valence electrons. The summed E-state index contributed by atoms with van der Waals surface area (Å²) in [7, 11) is 1.62. The van der Waals surface area contributed by atoms with E-state index >= 15 is 0 Å². The standard InChI is InChI=1S/C23H22N4O3/c1-30-19-10-8-18(9-11-19)27(14-16-5-3-2-4-6-16)15-22(28)24-17-7-12-20-21(13-17)26-23(29)25-20/h2-13H,14-15H2,1H3,(H,24,28)(H2,25,26,29). The van der Waals surface area contributed by atoms with Crippen LogP contribution in [-0.2, 0) is 11.3 Å². The van der Waals surface area contributed by atoms with Crippen LogP contribution in [0.3, 0.4) is 0 Å². The molecule has 3 aromatic carbocycles. The maximum Gasteiger partial charge on any atom is 0.323 e. The number of H-pyrrole nitrogens is 2. The number of ether oxygens (including phenoxy) is 1. The molecule has 3 N–H and O–H groups in total. The van der Waals surface area contributed by atoms with E-state index in [0.717, 1.165) is 17.0 Å². The summed E-state index contributed by atoms with van der Waals surface area (Å²) in [5, 5.41) is 2.91. The van der Waals surface area contributed by atoms with Crippen LogP contribution in [0.2, 0.25) is 0 Å². The average Bonchev–Trinajstić information content (AvgIpc) is 3.13. The van der Waals surface area contributed by atoms with Crippen LogP contribution >= 0.6 is 0 Å². The third-order valence-electron chi connectivity index (χ3n) is 4.79. The van der Waals surface area contributed by atoms with E-state index in [-0.39, 0.29) is 18.1 Å². The zero-order chi connectivity index (χ0) is 20.9. The van der Waals surface area contributed by atoms with Gasteiger partial charge in [0, 0.05) is 17.9 Å². The number of imidazole rings is 1. The fourth-order valence-corrected chi connectivity index (χ4v) is 3.32. The number of aromatic nitrogens is 2. The molecule has 4 aromatic rings. The number of nitrogens with one attached hydrogen (secondary N) is 3. The highest BCUT2D eigenvalue weighted by Crippen LogP contribution is 2.22. The van der Waals surface area contributed by atoms with Crippen molar-refractivity contribution in [1.82, 2.24) is 9.97 Å². The van der Waals surface area contributed by atoms with Crippen molar-refractivity contribution in [3.8, 4) is 5.75 Å². The van der Waals surface area contributed by atoms with Crippen molar-refractivity contribution < 1.29 is 9.53 Å². The Hall–Kier alpha value is -4.00. The van der Waals surface area contributed by atoms with E-state index in [9.17, 15) is 9.59 Å². The Bertz CT molecular complexity index is 1200. The SMILES string of the molecule is COc1ccc(N(CC(=O)Nc2ccc3[nH]c(=O)[nH]c3c2)Cc2ccccc2)cc1. The first-order chi connectivity index (χ1) is 14.6. The fourth-order valence-electron chi connectivity index (χ4n) is 3.32. The Morgan fingerprint density at radius 1 is 0.967 bits per heavy atom. The van der Waals surface area contributed by atoms with Crippen LogP contribution in [0.25, 0.3) is 11.0 Å². The van der Waals surface area contributed by atoms with E-state index in [1.807, 2.05) is 59.5 Å². The molecule has 0 saturated carbocycles. The molecular weight excluding hydrogens is 380 g/mol. The molecule has 0 unspecified atom stereocenters. The number of hydrogen-bond acceptors (Lipinski definition) is 4. The second kappa shape index (κ2) is 8.57. The van der Waals surface area contributed by atoms with Gasteiger partial charge in [-0.25, -0.2) is 4.79 Å². The number of carbonyl (C=O) groups is 1. The topological polar surface area (TPSA) is 90.2 Å². The predicted octanol–water partition coefficient (Wildman–Crippen LogP) is 3.51. The molecule has 7 heteroatoms. The lowest BCUT2D eigenvalue weighted by Crippen LogP contribution is -2.32. The molecule has 0 aliphatic carbocycles. The maximum atomic E-state index is 12.8. The largest absolute Gasteiger partial charge is 0.497 e. The molecule has 1 heterocycles. The van der Waals surface area contributed by atoms with E-state index in [2.05, 4.69) is 15.3 Å². The first kappa shape index (κ1) is 19.3. The number of amides is 1. The smallest absolute Gasteiger partial charge is 0.323 e. The number of aromatic amines is 2. The molecule has 0 atom stereocenters. The molecule has 1 aromatic heterocycles. The van der Waals surface area contributed by atoms with E-state index in [4.69, 9.17) is 4.74 Å². The van der Waals surface area contributed by atoms with Gasteiger partial charge in [0.2, 0.25) is 5.91 Å². The molecule has 0 radical (unpaired) electrons. The summed E-state index contributed by atoms with van der Waals surface area (Å²) in [6.07, 6.45) is 0. The summed E-state index contributed by atoms with van der Waals surface area (Å²) >= 11 is 0. The van der Waals surface area contributed by atoms with Crippen molar-refractivity contribution >= 4 is 28.3 Å². The van der Waals surface area contributed by atoms with Crippen molar-refractivity contribution in [3.05, 3.63) is 88.8 Å². The molecule has 1 amide bonds. The van der Waals surface area contributed by atoms with Crippen molar-refractivity contribution in [2.75, 3.05) is 23.9 Å². The Kier molecular flexibility index (Phi) is 5.52. The van der Waals surface area contributed by atoms with Crippen LogP contribution in [0, 0.1) is 0 Å². The van der Waals surface area contributed by atoms with E-state index in [1.165, 1.54) is 0 Å². The molecule has 0 spiro atoms. The summed E-state index contributed by atoms with van der Waals surface area (Å²) in [6, 6.07) is 22.9. The Morgan fingerprint density at radius 2 is 1.70 bits per heavy atom. The van der Waals surface area contributed by atoms with Gasteiger partial charge in [-0.05, 0) is 48.0 Å². The molecule has 0 aliphatic heterocycles. The summed E-state index contributed by atoms with van der Waals surface area (Å²) in [4.78, 5) is 31.6. The van der Waals surface area contributed by atoms with Crippen molar-refractivity contribution in [3.63, 3.8) is 0 Å². The lowest BCUT2D eigenvalue weighted by Gasteiger charge is -2.24. The molecule has 0 saturated heterocycles. The van der Waals surface area contributed by atoms with Crippen LogP contribution < -0.4 is 20.6 Å². The summed E-state index contributed by atoms with van der Waals surface area (Å²) in [5.41, 5.74) is 3.71. The molecule has 0 fully saturated rings. The van der Waals surface area contributed by atoms with Crippen LogP contribution in [-0.4, -0.2) is 29.5 Å². The Morgan fingerprint density at radius 3 is 2.43 bits per heavy atom. The van der Waals surface area contributed by atoms with Crippen LogP contribution in [0.15, 0.2) is 77.6 Å². The van der Waals surface area contributed by atoms with Crippen molar-refractivity contribution in [2.24, 2.45) is 0 Å². The van der Waals surface area contributed by atoms with Gasteiger partial charge < -0.3 is 24.9 Å². The molecule has 4 rings (SSSR count). The fraction of sp³-hybridized carbons (Fsp3) is 0.130. The Balaban J connectivity index is 1.52. The summed E-state index contributed by atoms with van der Waals surface area (Å²) in [6.45, 7) is 0.758. The molecule has 0 bridgehead atoms. The first-order valence-corrected chi connectivity index (χ1v) is 9.55. The highest BCUT2D eigenvalue weighted by atomic mass is 16.5. The molecular formula is C23H22N4O3.